The first-order valence-electron chi connectivity index (χ1n) is 8.93. The summed E-state index contributed by atoms with van der Waals surface area (Å²) in [6.07, 6.45) is 0.921. The lowest BCUT2D eigenvalue weighted by Gasteiger charge is -2.25. The van der Waals surface area contributed by atoms with Crippen molar-refractivity contribution >= 4 is 17.8 Å². The maximum Gasteiger partial charge on any atom is 0.328 e. The molecule has 0 bridgehead atoms. The van der Waals surface area contributed by atoms with Crippen LogP contribution in [0.5, 0.6) is 0 Å². The molecule has 0 aromatic rings. The zero-order chi connectivity index (χ0) is 19.7. The van der Waals surface area contributed by atoms with Gasteiger partial charge in [-0.2, -0.15) is 0 Å². The van der Waals surface area contributed by atoms with Crippen molar-refractivity contribution in [2.45, 2.75) is 72.5 Å². The summed E-state index contributed by atoms with van der Waals surface area (Å²) in [5.41, 5.74) is 5.86. The zero-order valence-electron chi connectivity index (χ0n) is 16.6. The highest BCUT2D eigenvalue weighted by molar-refractivity contribution is 5.92. The molecule has 0 aliphatic heterocycles. The SMILES string of the molecule is COC(=O)[C@@H](CC(C)C)NC(=O)[C@@H](CC(C)C)NC(=O)[C@H](N)C(C)C. The molecule has 7 nitrogen and oxygen atoms in total. The summed E-state index contributed by atoms with van der Waals surface area (Å²) in [6, 6.07) is -2.16. The van der Waals surface area contributed by atoms with E-state index in [0.29, 0.717) is 12.8 Å². The van der Waals surface area contributed by atoms with E-state index in [1.807, 2.05) is 41.5 Å². The lowest BCUT2D eigenvalue weighted by molar-refractivity contribution is -0.146. The van der Waals surface area contributed by atoms with E-state index in [4.69, 9.17) is 10.5 Å². The van der Waals surface area contributed by atoms with Gasteiger partial charge in [-0.05, 0) is 30.6 Å². The highest BCUT2D eigenvalue weighted by Crippen LogP contribution is 2.10. The van der Waals surface area contributed by atoms with E-state index >= 15 is 0 Å². The number of hydrogen-bond donors (Lipinski definition) is 3. The number of methoxy groups -OCH3 is 1. The third-order valence-corrected chi connectivity index (χ3v) is 3.87. The van der Waals surface area contributed by atoms with Gasteiger partial charge in [-0.3, -0.25) is 9.59 Å². The Bertz CT molecular complexity index is 450. The van der Waals surface area contributed by atoms with Gasteiger partial charge in [0.2, 0.25) is 11.8 Å². The number of ether oxygens (including phenoxy) is 1. The van der Waals surface area contributed by atoms with Crippen LogP contribution in [0.15, 0.2) is 0 Å². The van der Waals surface area contributed by atoms with Crippen LogP contribution in [0.4, 0.5) is 0 Å². The maximum absolute atomic E-state index is 12.6. The monoisotopic (exact) mass is 357 g/mol. The summed E-state index contributed by atoms with van der Waals surface area (Å²) >= 11 is 0. The van der Waals surface area contributed by atoms with Crippen LogP contribution in [-0.2, 0) is 19.1 Å². The standard InChI is InChI=1S/C18H35N3O4/c1-10(2)8-13(20-17(23)15(19)12(5)6)16(22)21-14(9-11(3)4)18(24)25-7/h10-15H,8-9,19H2,1-7H3,(H,20,23)(H,21,22)/t13-,14-,15-/m1/s1. The summed E-state index contributed by atoms with van der Waals surface area (Å²) in [7, 11) is 1.29. The fourth-order valence-corrected chi connectivity index (χ4v) is 2.37. The Kier molecular flexibility index (Phi) is 10.4. The van der Waals surface area contributed by atoms with Gasteiger partial charge in [-0.15, -0.1) is 0 Å². The first-order valence-corrected chi connectivity index (χ1v) is 8.93. The quantitative estimate of drug-likeness (QED) is 0.509. The molecule has 0 spiro atoms. The molecule has 146 valence electrons. The molecule has 0 aromatic carbocycles. The Labute approximate surface area is 151 Å². The molecule has 0 aliphatic rings. The first kappa shape index (κ1) is 23.4. The van der Waals surface area contributed by atoms with Crippen LogP contribution in [0.2, 0.25) is 0 Å². The predicted octanol–water partition coefficient (Wildman–Crippen LogP) is 1.20. The smallest absolute Gasteiger partial charge is 0.328 e. The molecule has 0 rings (SSSR count). The topological polar surface area (TPSA) is 111 Å². The Balaban J connectivity index is 5.14. The molecule has 0 saturated heterocycles. The van der Waals surface area contributed by atoms with Crippen molar-refractivity contribution in [3.63, 3.8) is 0 Å². The molecule has 0 fully saturated rings. The number of carbonyl (C=O) groups excluding carboxylic acids is 3. The minimum atomic E-state index is -0.739. The summed E-state index contributed by atoms with van der Waals surface area (Å²) < 4.78 is 4.76. The zero-order valence-corrected chi connectivity index (χ0v) is 16.6. The van der Waals surface area contributed by atoms with Crippen molar-refractivity contribution in [2.75, 3.05) is 7.11 Å². The highest BCUT2D eigenvalue weighted by atomic mass is 16.5. The molecule has 0 unspecified atom stereocenters. The van der Waals surface area contributed by atoms with E-state index in [1.54, 1.807) is 0 Å². The number of nitrogens with two attached hydrogens (primary N) is 1. The molecule has 0 aliphatic carbocycles. The van der Waals surface area contributed by atoms with Gasteiger partial charge < -0.3 is 21.1 Å². The van der Waals surface area contributed by atoms with Crippen molar-refractivity contribution in [1.29, 1.82) is 0 Å². The van der Waals surface area contributed by atoms with E-state index in [2.05, 4.69) is 10.6 Å². The van der Waals surface area contributed by atoms with E-state index in [1.165, 1.54) is 7.11 Å². The second kappa shape index (κ2) is 11.1. The Morgan fingerprint density at radius 1 is 0.840 bits per heavy atom. The van der Waals surface area contributed by atoms with Gasteiger partial charge in [-0.25, -0.2) is 4.79 Å². The van der Waals surface area contributed by atoms with E-state index < -0.39 is 30.0 Å². The molecule has 7 heteroatoms. The molecule has 4 N–H and O–H groups in total. The van der Waals surface area contributed by atoms with E-state index in [0.717, 1.165) is 0 Å². The fraction of sp³-hybridized carbons (Fsp3) is 0.833. The van der Waals surface area contributed by atoms with Gasteiger partial charge in [0.05, 0.1) is 13.2 Å². The lowest BCUT2D eigenvalue weighted by atomic mass is 9.99. The summed E-state index contributed by atoms with van der Waals surface area (Å²) in [5, 5.41) is 5.43. The molecular formula is C18H35N3O4. The predicted molar refractivity (Wildman–Crippen MR) is 97.6 cm³/mol. The molecule has 0 radical (unpaired) electrons. The Morgan fingerprint density at radius 2 is 1.28 bits per heavy atom. The van der Waals surface area contributed by atoms with Crippen LogP contribution in [0.3, 0.4) is 0 Å². The molecule has 0 aromatic heterocycles. The maximum atomic E-state index is 12.6. The number of hydrogen-bond acceptors (Lipinski definition) is 5. The first-order chi connectivity index (χ1) is 11.5. The fourth-order valence-electron chi connectivity index (χ4n) is 2.37. The molecule has 0 saturated carbocycles. The number of esters is 1. The summed E-state index contributed by atoms with van der Waals surface area (Å²) in [4.78, 5) is 36.8. The van der Waals surface area contributed by atoms with Crippen molar-refractivity contribution in [3.05, 3.63) is 0 Å². The third kappa shape index (κ3) is 8.86. The third-order valence-electron chi connectivity index (χ3n) is 3.87. The largest absolute Gasteiger partial charge is 0.467 e. The Hall–Kier alpha value is -1.63. The van der Waals surface area contributed by atoms with Gasteiger partial charge >= 0.3 is 5.97 Å². The van der Waals surface area contributed by atoms with Crippen LogP contribution in [0.1, 0.15) is 54.4 Å². The van der Waals surface area contributed by atoms with Crippen LogP contribution >= 0.6 is 0 Å². The number of rotatable bonds is 10. The van der Waals surface area contributed by atoms with Gasteiger partial charge in [0, 0.05) is 0 Å². The van der Waals surface area contributed by atoms with Crippen LogP contribution in [0, 0.1) is 17.8 Å². The van der Waals surface area contributed by atoms with Crippen LogP contribution < -0.4 is 16.4 Å². The lowest BCUT2D eigenvalue weighted by Crippen LogP contribution is -2.55. The van der Waals surface area contributed by atoms with Crippen molar-refractivity contribution in [2.24, 2.45) is 23.5 Å². The van der Waals surface area contributed by atoms with Crippen LogP contribution in [-0.4, -0.2) is 43.0 Å². The number of carbonyl (C=O) groups is 3. The average Bonchev–Trinajstić information content (AvgIpc) is 2.50. The van der Waals surface area contributed by atoms with Gasteiger partial charge in [0.25, 0.3) is 0 Å². The van der Waals surface area contributed by atoms with Crippen LogP contribution in [0.25, 0.3) is 0 Å². The minimum Gasteiger partial charge on any atom is -0.467 e. The molecule has 25 heavy (non-hydrogen) atoms. The summed E-state index contributed by atoms with van der Waals surface area (Å²) in [6.45, 7) is 11.5. The summed E-state index contributed by atoms with van der Waals surface area (Å²) in [5.74, 6) is -0.893. The van der Waals surface area contributed by atoms with Gasteiger partial charge in [-0.1, -0.05) is 41.5 Å². The van der Waals surface area contributed by atoms with E-state index in [9.17, 15) is 14.4 Å². The van der Waals surface area contributed by atoms with Crippen molar-refractivity contribution in [3.8, 4) is 0 Å². The Morgan fingerprint density at radius 3 is 1.68 bits per heavy atom. The van der Waals surface area contributed by atoms with Crippen molar-refractivity contribution in [1.82, 2.24) is 10.6 Å². The molecule has 2 amide bonds. The van der Waals surface area contributed by atoms with E-state index in [-0.39, 0.29) is 23.7 Å². The van der Waals surface area contributed by atoms with Gasteiger partial charge in [0.1, 0.15) is 12.1 Å². The van der Waals surface area contributed by atoms with Crippen molar-refractivity contribution < 1.29 is 19.1 Å². The van der Waals surface area contributed by atoms with Gasteiger partial charge in [0.15, 0.2) is 0 Å². The average molecular weight is 357 g/mol. The molecule has 0 heterocycles. The molecule has 3 atom stereocenters. The molecular weight excluding hydrogens is 322 g/mol. The normalized spacial score (nSPS) is 15.0. The highest BCUT2D eigenvalue weighted by Gasteiger charge is 2.29. The minimum absolute atomic E-state index is 0.0356. The second-order valence-corrected chi connectivity index (χ2v) is 7.67. The number of amides is 2. The number of nitrogens with one attached hydrogen (secondary N) is 2. The second-order valence-electron chi connectivity index (χ2n) is 7.67.